The molecule has 2 amide bonds. The molecule has 3 rings (SSSR count). The molecule has 3 N–H and O–H groups in total. The molecule has 22 heavy (non-hydrogen) atoms. The molecule has 4 nitrogen and oxygen atoms in total. The van der Waals surface area contributed by atoms with Crippen molar-refractivity contribution in [2.75, 3.05) is 5.75 Å². The number of carbonyl (C=O) groups is 2. The van der Waals surface area contributed by atoms with Crippen LogP contribution in [0.3, 0.4) is 0 Å². The molecule has 1 heterocycles. The highest BCUT2D eigenvalue weighted by Crippen LogP contribution is 2.50. The Morgan fingerprint density at radius 2 is 1.86 bits per heavy atom. The summed E-state index contributed by atoms with van der Waals surface area (Å²) in [4.78, 5) is 24.0. The van der Waals surface area contributed by atoms with Gasteiger partial charge in [0.25, 0.3) is 0 Å². The van der Waals surface area contributed by atoms with Gasteiger partial charge in [-0.15, -0.1) is 23.5 Å². The molecule has 1 aliphatic heterocycles. The van der Waals surface area contributed by atoms with Gasteiger partial charge >= 0.3 is 0 Å². The summed E-state index contributed by atoms with van der Waals surface area (Å²) in [5.41, 5.74) is 5.60. The summed E-state index contributed by atoms with van der Waals surface area (Å²) in [6.45, 7) is 0. The summed E-state index contributed by atoms with van der Waals surface area (Å²) in [6.07, 6.45) is 9.83. The molecule has 0 aromatic carbocycles. The highest BCUT2D eigenvalue weighted by Gasteiger charge is 2.49. The number of thioether (sulfide) groups is 2. The van der Waals surface area contributed by atoms with Crippen LogP contribution in [0.15, 0.2) is 0 Å². The molecule has 2 aliphatic carbocycles. The van der Waals surface area contributed by atoms with Crippen molar-refractivity contribution < 1.29 is 9.59 Å². The summed E-state index contributed by atoms with van der Waals surface area (Å²) >= 11 is 3.55. The van der Waals surface area contributed by atoms with E-state index < -0.39 is 0 Å². The fraction of sp³-hybridized carbons (Fsp3) is 0.875. The first-order valence-electron chi connectivity index (χ1n) is 8.51. The Morgan fingerprint density at radius 3 is 2.59 bits per heavy atom. The first-order chi connectivity index (χ1) is 10.6. The Labute approximate surface area is 141 Å². The lowest BCUT2D eigenvalue weighted by atomic mass is 9.90. The van der Waals surface area contributed by atoms with Crippen LogP contribution in [-0.4, -0.2) is 33.4 Å². The summed E-state index contributed by atoms with van der Waals surface area (Å²) in [7, 11) is 0. The Bertz CT molecular complexity index is 426. The number of carbonyl (C=O) groups excluding carboxylic acids is 2. The van der Waals surface area contributed by atoms with Crippen LogP contribution in [0.25, 0.3) is 0 Å². The van der Waals surface area contributed by atoms with E-state index in [1.54, 1.807) is 23.5 Å². The zero-order chi connectivity index (χ0) is 15.5. The normalized spacial score (nSPS) is 35.3. The monoisotopic (exact) mass is 342 g/mol. The van der Waals surface area contributed by atoms with E-state index in [2.05, 4.69) is 5.32 Å². The highest BCUT2D eigenvalue weighted by atomic mass is 32.2. The summed E-state index contributed by atoms with van der Waals surface area (Å²) in [5, 5.41) is 4.13. The fourth-order valence-electron chi connectivity index (χ4n) is 4.14. The van der Waals surface area contributed by atoms with E-state index in [1.165, 1.54) is 38.5 Å². The number of hydrogen-bond acceptors (Lipinski definition) is 4. The zero-order valence-electron chi connectivity index (χ0n) is 13.0. The minimum absolute atomic E-state index is 0.0688. The maximum atomic E-state index is 12.2. The minimum Gasteiger partial charge on any atom is -0.369 e. The van der Waals surface area contributed by atoms with Gasteiger partial charge in [-0.1, -0.05) is 25.7 Å². The van der Waals surface area contributed by atoms with Crippen LogP contribution in [0.4, 0.5) is 0 Å². The van der Waals surface area contributed by atoms with Gasteiger partial charge in [-0.25, -0.2) is 0 Å². The van der Waals surface area contributed by atoms with Gasteiger partial charge in [-0.2, -0.15) is 0 Å². The Balaban J connectivity index is 1.48. The quantitative estimate of drug-likeness (QED) is 0.805. The van der Waals surface area contributed by atoms with Crippen molar-refractivity contribution in [3.05, 3.63) is 0 Å². The summed E-state index contributed by atoms with van der Waals surface area (Å²) in [6, 6.07) is 0. The van der Waals surface area contributed by atoms with Gasteiger partial charge in [-0.3, -0.25) is 9.59 Å². The molecule has 4 atom stereocenters. The van der Waals surface area contributed by atoms with Crippen LogP contribution in [0.2, 0.25) is 0 Å². The van der Waals surface area contributed by atoms with Gasteiger partial charge < -0.3 is 11.1 Å². The minimum atomic E-state index is -0.243. The lowest BCUT2D eigenvalue weighted by Gasteiger charge is -2.23. The van der Waals surface area contributed by atoms with Crippen molar-refractivity contribution >= 4 is 35.3 Å². The van der Waals surface area contributed by atoms with Crippen molar-refractivity contribution in [2.45, 2.75) is 67.2 Å². The molecule has 3 aliphatic rings. The number of rotatable bonds is 5. The Morgan fingerprint density at radius 1 is 1.09 bits per heavy atom. The average Bonchev–Trinajstić information content (AvgIpc) is 3.06. The van der Waals surface area contributed by atoms with Crippen molar-refractivity contribution in [3.8, 4) is 0 Å². The number of nitrogens with two attached hydrogens (primary N) is 1. The smallest absolute Gasteiger partial charge is 0.230 e. The highest BCUT2D eigenvalue weighted by molar-refractivity contribution is 8.01. The fourth-order valence-corrected chi connectivity index (χ4v) is 7.17. The number of fused-ring (bicyclic) bond motifs is 1. The van der Waals surface area contributed by atoms with Gasteiger partial charge in [0.15, 0.2) is 0 Å². The first-order valence-corrected chi connectivity index (χ1v) is 10.5. The number of nitrogens with one attached hydrogen (secondary N) is 1. The van der Waals surface area contributed by atoms with Gasteiger partial charge in [-0.05, 0) is 31.6 Å². The molecular weight excluding hydrogens is 316 g/mol. The first kappa shape index (κ1) is 16.5. The van der Waals surface area contributed by atoms with E-state index in [-0.39, 0.29) is 23.1 Å². The molecule has 1 saturated heterocycles. The van der Waals surface area contributed by atoms with E-state index in [0.717, 1.165) is 12.8 Å². The molecule has 2 saturated carbocycles. The molecule has 124 valence electrons. The molecule has 0 aromatic heterocycles. The maximum Gasteiger partial charge on any atom is 0.230 e. The largest absolute Gasteiger partial charge is 0.369 e. The summed E-state index contributed by atoms with van der Waals surface area (Å²) in [5.74, 6) is 0.536. The van der Waals surface area contributed by atoms with Crippen molar-refractivity contribution in [2.24, 2.45) is 17.6 Å². The third-order valence-corrected chi connectivity index (χ3v) is 8.26. The second-order valence-corrected chi connectivity index (χ2v) is 9.43. The van der Waals surface area contributed by atoms with E-state index in [9.17, 15) is 9.59 Å². The van der Waals surface area contributed by atoms with Crippen LogP contribution in [0, 0.1) is 11.8 Å². The van der Waals surface area contributed by atoms with Crippen LogP contribution in [-0.2, 0) is 9.59 Å². The van der Waals surface area contributed by atoms with Gasteiger partial charge in [0.05, 0.1) is 17.0 Å². The van der Waals surface area contributed by atoms with Crippen LogP contribution < -0.4 is 11.1 Å². The van der Waals surface area contributed by atoms with Crippen LogP contribution in [0.1, 0.15) is 51.4 Å². The number of primary amides is 1. The van der Waals surface area contributed by atoms with Crippen molar-refractivity contribution in [1.82, 2.24) is 5.32 Å². The Kier molecular flexibility index (Phi) is 5.60. The van der Waals surface area contributed by atoms with Gasteiger partial charge in [0, 0.05) is 10.5 Å². The molecule has 0 spiro atoms. The third-order valence-electron chi connectivity index (χ3n) is 5.25. The topological polar surface area (TPSA) is 72.2 Å². The molecule has 0 bridgehead atoms. The van der Waals surface area contributed by atoms with E-state index in [4.69, 9.17) is 5.73 Å². The SMILES string of the molecule is NC(=O)C1C(NC(=O)CSC2CCCCC2)SC2CCCC21. The van der Waals surface area contributed by atoms with E-state index in [1.807, 2.05) is 0 Å². The lowest BCUT2D eigenvalue weighted by Crippen LogP contribution is -2.43. The number of hydrogen-bond donors (Lipinski definition) is 2. The van der Waals surface area contributed by atoms with Crippen LogP contribution >= 0.6 is 23.5 Å². The van der Waals surface area contributed by atoms with E-state index >= 15 is 0 Å². The van der Waals surface area contributed by atoms with Gasteiger partial charge in [0.2, 0.25) is 11.8 Å². The van der Waals surface area contributed by atoms with Crippen molar-refractivity contribution in [1.29, 1.82) is 0 Å². The van der Waals surface area contributed by atoms with Gasteiger partial charge in [0.1, 0.15) is 0 Å². The molecule has 6 heteroatoms. The second kappa shape index (κ2) is 7.47. The molecule has 0 radical (unpaired) electrons. The second-order valence-electron chi connectivity index (χ2n) is 6.76. The predicted octanol–water partition coefficient (Wildman–Crippen LogP) is 2.51. The maximum absolute atomic E-state index is 12.2. The molecular formula is C16H26N2O2S2. The van der Waals surface area contributed by atoms with E-state index in [0.29, 0.717) is 22.2 Å². The molecule has 3 fully saturated rings. The third kappa shape index (κ3) is 3.75. The van der Waals surface area contributed by atoms with Crippen LogP contribution in [0.5, 0.6) is 0 Å². The molecule has 4 unspecified atom stereocenters. The average molecular weight is 343 g/mol. The Hall–Kier alpha value is -0.360. The zero-order valence-corrected chi connectivity index (χ0v) is 14.6. The standard InChI is InChI=1S/C16H26N2O2S2/c17-15(20)14-11-7-4-8-12(11)22-16(14)18-13(19)9-21-10-5-2-1-3-6-10/h10-12,14,16H,1-9H2,(H2,17,20)(H,18,19). The molecule has 0 aromatic rings. The predicted molar refractivity (Wildman–Crippen MR) is 92.7 cm³/mol. The van der Waals surface area contributed by atoms with Crippen molar-refractivity contribution in [3.63, 3.8) is 0 Å². The number of amides is 2. The lowest BCUT2D eigenvalue weighted by molar-refractivity contribution is -0.124. The summed E-state index contributed by atoms with van der Waals surface area (Å²) < 4.78 is 0.